The van der Waals surface area contributed by atoms with E-state index < -0.39 is 0 Å². The lowest BCUT2D eigenvalue weighted by Crippen LogP contribution is -2.11. The van der Waals surface area contributed by atoms with E-state index in [-0.39, 0.29) is 11.6 Å². The van der Waals surface area contributed by atoms with Crippen molar-refractivity contribution in [2.24, 2.45) is 7.05 Å². The van der Waals surface area contributed by atoms with Crippen molar-refractivity contribution in [1.82, 2.24) is 14.5 Å². The quantitative estimate of drug-likeness (QED) is 0.700. The fourth-order valence-corrected chi connectivity index (χ4v) is 1.42. The first kappa shape index (κ1) is 9.45. The number of aromatic nitrogens is 3. The van der Waals surface area contributed by atoms with Crippen molar-refractivity contribution >= 4 is 22.8 Å². The summed E-state index contributed by atoms with van der Waals surface area (Å²) in [5.74, 6) is 0.150. The second-order valence-electron chi connectivity index (χ2n) is 3.22. The molecule has 2 heterocycles. The number of H-pyrrole nitrogens is 1. The summed E-state index contributed by atoms with van der Waals surface area (Å²) in [4.78, 5) is 28.9. The molecule has 1 amide bonds. The number of nitrogens with zero attached hydrogens (tertiary/aromatic N) is 2. The van der Waals surface area contributed by atoms with E-state index in [1.165, 1.54) is 11.5 Å². The van der Waals surface area contributed by atoms with Gasteiger partial charge in [-0.1, -0.05) is 0 Å². The van der Waals surface area contributed by atoms with Gasteiger partial charge < -0.3 is 10.3 Å². The van der Waals surface area contributed by atoms with Gasteiger partial charge in [-0.3, -0.25) is 9.36 Å². The molecule has 0 radical (unpaired) electrons. The number of fused-ring (bicyclic) bond motifs is 1. The fourth-order valence-electron chi connectivity index (χ4n) is 1.42. The molecule has 0 unspecified atom stereocenters. The molecule has 0 spiro atoms. The second-order valence-corrected chi connectivity index (χ2v) is 3.22. The van der Waals surface area contributed by atoms with Crippen molar-refractivity contribution in [2.75, 3.05) is 5.32 Å². The zero-order chi connectivity index (χ0) is 11.0. The van der Waals surface area contributed by atoms with Gasteiger partial charge in [-0.05, 0) is 6.07 Å². The van der Waals surface area contributed by atoms with Crippen LogP contribution in [-0.2, 0) is 11.8 Å². The molecular weight excluding hydrogens is 196 g/mol. The number of aromatic amines is 1. The van der Waals surface area contributed by atoms with Crippen LogP contribution in [0.2, 0.25) is 0 Å². The number of pyridine rings is 1. The van der Waals surface area contributed by atoms with Gasteiger partial charge >= 0.3 is 5.69 Å². The summed E-state index contributed by atoms with van der Waals surface area (Å²) in [5, 5.41) is 2.55. The highest BCUT2D eigenvalue weighted by Crippen LogP contribution is 2.16. The Morgan fingerprint density at radius 1 is 1.60 bits per heavy atom. The number of hydrogen-bond acceptors (Lipinski definition) is 3. The molecule has 6 heteroatoms. The van der Waals surface area contributed by atoms with Crippen molar-refractivity contribution < 1.29 is 4.79 Å². The molecule has 0 saturated heterocycles. The zero-order valence-electron chi connectivity index (χ0n) is 8.37. The average Bonchev–Trinajstić information content (AvgIpc) is 2.45. The maximum absolute atomic E-state index is 11.3. The van der Waals surface area contributed by atoms with Crippen LogP contribution in [0.3, 0.4) is 0 Å². The molecule has 2 aromatic rings. The van der Waals surface area contributed by atoms with Crippen molar-refractivity contribution in [3.05, 3.63) is 22.7 Å². The SMILES string of the molecule is CC(=O)Nc1nccc2c1[nH]c(=O)n2C. The van der Waals surface area contributed by atoms with Crippen LogP contribution >= 0.6 is 0 Å². The Morgan fingerprint density at radius 3 is 3.00 bits per heavy atom. The van der Waals surface area contributed by atoms with E-state index in [1.54, 1.807) is 19.3 Å². The predicted molar refractivity (Wildman–Crippen MR) is 55.6 cm³/mol. The number of hydrogen-bond donors (Lipinski definition) is 2. The molecule has 0 aliphatic heterocycles. The minimum atomic E-state index is -0.232. The van der Waals surface area contributed by atoms with Gasteiger partial charge in [0.15, 0.2) is 5.82 Å². The number of aryl methyl sites for hydroxylation is 1. The highest BCUT2D eigenvalue weighted by Gasteiger charge is 2.08. The highest BCUT2D eigenvalue weighted by molar-refractivity contribution is 5.96. The van der Waals surface area contributed by atoms with Crippen LogP contribution in [0.15, 0.2) is 17.1 Å². The number of imidazole rings is 1. The van der Waals surface area contributed by atoms with Crippen LogP contribution in [0, 0.1) is 0 Å². The predicted octanol–water partition coefficient (Wildman–Crippen LogP) is 0.220. The number of nitrogens with one attached hydrogen (secondary N) is 2. The third-order valence-electron chi connectivity index (χ3n) is 2.12. The van der Waals surface area contributed by atoms with E-state index in [0.29, 0.717) is 16.9 Å². The van der Waals surface area contributed by atoms with Crippen LogP contribution in [-0.4, -0.2) is 20.4 Å². The Hall–Kier alpha value is -2.11. The van der Waals surface area contributed by atoms with Crippen molar-refractivity contribution in [3.63, 3.8) is 0 Å². The lowest BCUT2D eigenvalue weighted by Gasteiger charge is -2.01. The number of amides is 1. The Labute approximate surface area is 84.9 Å². The molecule has 2 N–H and O–H groups in total. The van der Waals surface area contributed by atoms with E-state index in [1.807, 2.05) is 0 Å². The molecule has 0 saturated carbocycles. The molecule has 78 valence electrons. The first-order valence-corrected chi connectivity index (χ1v) is 4.41. The van der Waals surface area contributed by atoms with Crippen LogP contribution in [0.1, 0.15) is 6.92 Å². The van der Waals surface area contributed by atoms with Gasteiger partial charge in [-0.15, -0.1) is 0 Å². The standard InChI is InChI=1S/C9H10N4O2/c1-5(14)11-8-7-6(3-4-10-8)13(2)9(15)12-7/h3-4H,1-2H3,(H,12,15)(H,10,11,14). The molecule has 0 aliphatic rings. The maximum Gasteiger partial charge on any atom is 0.326 e. The Kier molecular flexibility index (Phi) is 2.03. The van der Waals surface area contributed by atoms with Gasteiger partial charge in [0.2, 0.25) is 5.91 Å². The summed E-state index contributed by atoms with van der Waals surface area (Å²) in [7, 11) is 1.65. The number of carbonyl (C=O) groups excluding carboxylic acids is 1. The summed E-state index contributed by atoms with van der Waals surface area (Å²) in [6.07, 6.45) is 1.54. The van der Waals surface area contributed by atoms with E-state index in [9.17, 15) is 9.59 Å². The maximum atomic E-state index is 11.3. The molecule has 2 aromatic heterocycles. The van der Waals surface area contributed by atoms with E-state index in [2.05, 4.69) is 15.3 Å². The normalized spacial score (nSPS) is 10.5. The van der Waals surface area contributed by atoms with Crippen molar-refractivity contribution in [2.45, 2.75) is 6.92 Å². The van der Waals surface area contributed by atoms with Crippen LogP contribution < -0.4 is 11.0 Å². The van der Waals surface area contributed by atoms with Crippen LogP contribution in [0.25, 0.3) is 11.0 Å². The zero-order valence-corrected chi connectivity index (χ0v) is 8.37. The van der Waals surface area contributed by atoms with E-state index >= 15 is 0 Å². The molecule has 0 aromatic carbocycles. The lowest BCUT2D eigenvalue weighted by atomic mass is 10.4. The van der Waals surface area contributed by atoms with Gasteiger partial charge in [0, 0.05) is 20.2 Å². The molecule has 0 fully saturated rings. The molecule has 2 rings (SSSR count). The Balaban J connectivity index is 2.71. The monoisotopic (exact) mass is 206 g/mol. The fraction of sp³-hybridized carbons (Fsp3) is 0.222. The molecular formula is C9H10N4O2. The minimum Gasteiger partial charge on any atom is -0.309 e. The Morgan fingerprint density at radius 2 is 2.33 bits per heavy atom. The summed E-state index contributed by atoms with van der Waals surface area (Å²) < 4.78 is 1.46. The number of rotatable bonds is 1. The summed E-state index contributed by atoms with van der Waals surface area (Å²) in [5.41, 5.74) is 1.02. The minimum absolute atomic E-state index is 0.222. The molecule has 15 heavy (non-hydrogen) atoms. The van der Waals surface area contributed by atoms with E-state index in [4.69, 9.17) is 0 Å². The van der Waals surface area contributed by atoms with Crippen LogP contribution in [0.4, 0.5) is 5.82 Å². The Bertz CT molecular complexity index is 581. The van der Waals surface area contributed by atoms with Gasteiger partial charge in [-0.2, -0.15) is 0 Å². The smallest absolute Gasteiger partial charge is 0.309 e. The largest absolute Gasteiger partial charge is 0.326 e. The average molecular weight is 206 g/mol. The van der Waals surface area contributed by atoms with Gasteiger partial charge in [0.05, 0.1) is 5.52 Å². The first-order chi connectivity index (χ1) is 7.09. The van der Waals surface area contributed by atoms with Crippen molar-refractivity contribution in [1.29, 1.82) is 0 Å². The molecule has 0 bridgehead atoms. The highest BCUT2D eigenvalue weighted by atomic mass is 16.2. The third-order valence-corrected chi connectivity index (χ3v) is 2.12. The van der Waals surface area contributed by atoms with Gasteiger partial charge in [0.1, 0.15) is 5.52 Å². The molecule has 0 aliphatic carbocycles. The van der Waals surface area contributed by atoms with Crippen LogP contribution in [0.5, 0.6) is 0 Å². The van der Waals surface area contributed by atoms with E-state index in [0.717, 1.165) is 0 Å². The second kappa shape index (κ2) is 3.23. The summed E-state index contributed by atoms with van der Waals surface area (Å²) >= 11 is 0. The summed E-state index contributed by atoms with van der Waals surface area (Å²) in [6.45, 7) is 1.39. The van der Waals surface area contributed by atoms with Gasteiger partial charge in [-0.25, -0.2) is 9.78 Å². The lowest BCUT2D eigenvalue weighted by molar-refractivity contribution is -0.114. The first-order valence-electron chi connectivity index (χ1n) is 4.41. The topological polar surface area (TPSA) is 79.8 Å². The number of carbonyl (C=O) groups is 1. The summed E-state index contributed by atoms with van der Waals surface area (Å²) in [6, 6.07) is 1.71. The van der Waals surface area contributed by atoms with Crippen molar-refractivity contribution in [3.8, 4) is 0 Å². The van der Waals surface area contributed by atoms with Gasteiger partial charge in [0.25, 0.3) is 0 Å². The third kappa shape index (κ3) is 1.50. The molecule has 0 atom stereocenters. The number of anilines is 1. The molecule has 6 nitrogen and oxygen atoms in total.